The maximum Gasteiger partial charge on any atom is 0.191 e. The van der Waals surface area contributed by atoms with E-state index in [1.165, 1.54) is 11.1 Å². The van der Waals surface area contributed by atoms with Gasteiger partial charge in [-0.3, -0.25) is 9.67 Å². The summed E-state index contributed by atoms with van der Waals surface area (Å²) in [7, 11) is 3.71. The van der Waals surface area contributed by atoms with Crippen LogP contribution in [0.2, 0.25) is 0 Å². The van der Waals surface area contributed by atoms with Gasteiger partial charge in [0.05, 0.1) is 6.20 Å². The lowest BCUT2D eigenvalue weighted by Gasteiger charge is -2.10. The first-order valence-electron chi connectivity index (χ1n) is 6.21. The second kappa shape index (κ2) is 6.94. The highest BCUT2D eigenvalue weighted by Gasteiger charge is 2.00. The van der Waals surface area contributed by atoms with Crippen LogP contribution in [-0.2, 0) is 20.0 Å². The number of aliphatic imine (C=N–C) groups is 1. The molecule has 0 saturated carbocycles. The number of rotatable bonds is 5. The van der Waals surface area contributed by atoms with Crippen molar-refractivity contribution in [1.29, 1.82) is 0 Å². The Morgan fingerprint density at radius 3 is 2.95 bits per heavy atom. The maximum absolute atomic E-state index is 4.20. The topological polar surface area (TPSA) is 54.2 Å². The average Bonchev–Trinajstić information content (AvgIpc) is 3.05. The number of hydrogen-bond acceptors (Lipinski definition) is 3. The molecular formula is C13H19N5S. The molecule has 19 heavy (non-hydrogen) atoms. The van der Waals surface area contributed by atoms with Gasteiger partial charge in [-0.25, -0.2) is 0 Å². The minimum atomic E-state index is 0.802. The molecule has 0 amide bonds. The van der Waals surface area contributed by atoms with Crippen LogP contribution in [0.4, 0.5) is 0 Å². The first-order valence-corrected chi connectivity index (χ1v) is 7.15. The lowest BCUT2D eigenvalue weighted by molar-refractivity contribution is 0.764. The monoisotopic (exact) mass is 277 g/mol. The van der Waals surface area contributed by atoms with Crippen molar-refractivity contribution < 1.29 is 0 Å². The predicted octanol–water partition coefficient (Wildman–Crippen LogP) is 1.39. The number of aromatic nitrogens is 2. The zero-order chi connectivity index (χ0) is 13.5. The molecular weight excluding hydrogens is 258 g/mol. The summed E-state index contributed by atoms with van der Waals surface area (Å²) < 4.78 is 1.82. The van der Waals surface area contributed by atoms with Crippen LogP contribution in [0.5, 0.6) is 0 Å². The number of aryl methyl sites for hydroxylation is 1. The standard InChI is InChI=1S/C13H19N5S/c1-14-13(16-7-12-4-6-19-10-12)15-5-3-11-8-17-18(2)9-11/h4,6,8-10H,3,5,7H2,1-2H3,(H2,14,15,16). The Bertz CT molecular complexity index is 515. The van der Waals surface area contributed by atoms with Crippen LogP contribution in [-0.4, -0.2) is 29.3 Å². The van der Waals surface area contributed by atoms with Gasteiger partial charge in [-0.2, -0.15) is 16.4 Å². The van der Waals surface area contributed by atoms with E-state index in [2.05, 4.69) is 37.6 Å². The molecule has 0 unspecified atom stereocenters. The van der Waals surface area contributed by atoms with E-state index in [-0.39, 0.29) is 0 Å². The van der Waals surface area contributed by atoms with Gasteiger partial charge in [-0.05, 0) is 34.4 Å². The molecule has 2 aromatic rings. The highest BCUT2D eigenvalue weighted by Crippen LogP contribution is 2.04. The molecule has 0 radical (unpaired) electrons. The van der Waals surface area contributed by atoms with E-state index in [0.717, 1.165) is 25.5 Å². The fraction of sp³-hybridized carbons (Fsp3) is 0.385. The number of nitrogens with one attached hydrogen (secondary N) is 2. The molecule has 2 aromatic heterocycles. The van der Waals surface area contributed by atoms with Crippen LogP contribution in [0.15, 0.2) is 34.2 Å². The van der Waals surface area contributed by atoms with Crippen LogP contribution in [0.1, 0.15) is 11.1 Å². The van der Waals surface area contributed by atoms with Gasteiger partial charge in [0.15, 0.2) is 5.96 Å². The van der Waals surface area contributed by atoms with Gasteiger partial charge in [0, 0.05) is 33.4 Å². The summed E-state index contributed by atoms with van der Waals surface area (Å²) in [4.78, 5) is 4.20. The van der Waals surface area contributed by atoms with E-state index in [0.29, 0.717) is 0 Å². The van der Waals surface area contributed by atoms with Gasteiger partial charge in [0.2, 0.25) is 0 Å². The van der Waals surface area contributed by atoms with Crippen molar-refractivity contribution in [2.75, 3.05) is 13.6 Å². The molecule has 6 heteroatoms. The molecule has 5 nitrogen and oxygen atoms in total. The van der Waals surface area contributed by atoms with Crippen LogP contribution < -0.4 is 10.6 Å². The summed E-state index contributed by atoms with van der Waals surface area (Å²) in [6, 6.07) is 2.11. The molecule has 0 aliphatic carbocycles. The Morgan fingerprint density at radius 2 is 2.32 bits per heavy atom. The predicted molar refractivity (Wildman–Crippen MR) is 79.4 cm³/mol. The molecule has 102 valence electrons. The number of thiophene rings is 1. The Balaban J connectivity index is 1.71. The van der Waals surface area contributed by atoms with E-state index >= 15 is 0 Å². The number of nitrogens with zero attached hydrogens (tertiary/aromatic N) is 3. The van der Waals surface area contributed by atoms with Crippen molar-refractivity contribution in [2.45, 2.75) is 13.0 Å². The molecule has 0 atom stereocenters. The fourth-order valence-corrected chi connectivity index (χ4v) is 2.39. The first kappa shape index (κ1) is 13.6. The first-order chi connectivity index (χ1) is 9.28. The van der Waals surface area contributed by atoms with Gasteiger partial charge in [0.1, 0.15) is 0 Å². The largest absolute Gasteiger partial charge is 0.356 e. The van der Waals surface area contributed by atoms with Gasteiger partial charge in [-0.1, -0.05) is 0 Å². The fourth-order valence-electron chi connectivity index (χ4n) is 1.73. The quantitative estimate of drug-likeness (QED) is 0.641. The summed E-state index contributed by atoms with van der Waals surface area (Å²) in [5.74, 6) is 0.829. The molecule has 0 spiro atoms. The Hall–Kier alpha value is -1.82. The lowest BCUT2D eigenvalue weighted by Crippen LogP contribution is -2.37. The van der Waals surface area contributed by atoms with E-state index in [9.17, 15) is 0 Å². The SMILES string of the molecule is CN=C(NCCc1cnn(C)c1)NCc1ccsc1. The lowest BCUT2D eigenvalue weighted by atomic mass is 10.2. The zero-order valence-electron chi connectivity index (χ0n) is 11.3. The summed E-state index contributed by atoms with van der Waals surface area (Å²) in [6.45, 7) is 1.64. The molecule has 2 N–H and O–H groups in total. The van der Waals surface area contributed by atoms with Crippen LogP contribution in [0.25, 0.3) is 0 Å². The summed E-state index contributed by atoms with van der Waals surface area (Å²) in [6.07, 6.45) is 4.86. The van der Waals surface area contributed by atoms with Crippen molar-refractivity contribution in [3.63, 3.8) is 0 Å². The van der Waals surface area contributed by atoms with Gasteiger partial charge < -0.3 is 10.6 Å². The van der Waals surface area contributed by atoms with Gasteiger partial charge >= 0.3 is 0 Å². The van der Waals surface area contributed by atoms with Crippen molar-refractivity contribution >= 4 is 17.3 Å². The molecule has 0 bridgehead atoms. The second-order valence-corrected chi connectivity index (χ2v) is 5.04. The van der Waals surface area contributed by atoms with Crippen molar-refractivity contribution in [1.82, 2.24) is 20.4 Å². The maximum atomic E-state index is 4.20. The normalized spacial score (nSPS) is 11.6. The smallest absolute Gasteiger partial charge is 0.191 e. The Kier molecular flexibility index (Phi) is 4.97. The van der Waals surface area contributed by atoms with E-state index < -0.39 is 0 Å². The Morgan fingerprint density at radius 1 is 1.42 bits per heavy atom. The third kappa shape index (κ3) is 4.40. The van der Waals surface area contributed by atoms with Crippen LogP contribution in [0.3, 0.4) is 0 Å². The van der Waals surface area contributed by atoms with Gasteiger partial charge in [0.25, 0.3) is 0 Å². The highest BCUT2D eigenvalue weighted by atomic mass is 32.1. The van der Waals surface area contributed by atoms with Crippen molar-refractivity contribution in [2.24, 2.45) is 12.0 Å². The highest BCUT2D eigenvalue weighted by molar-refractivity contribution is 7.07. The third-order valence-corrected chi connectivity index (χ3v) is 3.46. The molecule has 0 aliphatic rings. The number of guanidine groups is 1. The molecule has 0 fully saturated rings. The van der Waals surface area contributed by atoms with Crippen LogP contribution >= 0.6 is 11.3 Å². The van der Waals surface area contributed by atoms with E-state index in [1.807, 2.05) is 24.1 Å². The van der Waals surface area contributed by atoms with Crippen LogP contribution in [0, 0.1) is 0 Å². The minimum absolute atomic E-state index is 0.802. The summed E-state index contributed by atoms with van der Waals surface area (Å²) in [5.41, 5.74) is 2.50. The Labute approximate surface area is 117 Å². The summed E-state index contributed by atoms with van der Waals surface area (Å²) in [5, 5.41) is 14.9. The second-order valence-electron chi connectivity index (χ2n) is 4.26. The van der Waals surface area contributed by atoms with Crippen molar-refractivity contribution in [3.8, 4) is 0 Å². The third-order valence-electron chi connectivity index (χ3n) is 2.73. The molecule has 0 aromatic carbocycles. The van der Waals surface area contributed by atoms with E-state index in [4.69, 9.17) is 0 Å². The molecule has 0 aliphatic heterocycles. The minimum Gasteiger partial charge on any atom is -0.356 e. The molecule has 0 saturated heterocycles. The van der Waals surface area contributed by atoms with E-state index in [1.54, 1.807) is 18.4 Å². The van der Waals surface area contributed by atoms with Crippen molar-refractivity contribution in [3.05, 3.63) is 40.3 Å². The van der Waals surface area contributed by atoms with Gasteiger partial charge in [-0.15, -0.1) is 0 Å². The average molecular weight is 277 g/mol. The molecule has 2 rings (SSSR count). The number of hydrogen-bond donors (Lipinski definition) is 2. The molecule has 2 heterocycles. The zero-order valence-corrected chi connectivity index (χ0v) is 12.1. The summed E-state index contributed by atoms with van der Waals surface area (Å²) >= 11 is 1.71.